The van der Waals surface area contributed by atoms with Crippen molar-refractivity contribution < 1.29 is 4.74 Å². The molecule has 0 aliphatic rings. The van der Waals surface area contributed by atoms with Gasteiger partial charge in [0.15, 0.2) is 0 Å². The molecular weight excluding hydrogens is 290 g/mol. The number of nitrogens with two attached hydrogens (primary N) is 1. The first-order valence-corrected chi connectivity index (χ1v) is 6.77. The first-order chi connectivity index (χ1) is 8.69. The maximum absolute atomic E-state index is 5.97. The second-order valence-electron chi connectivity index (χ2n) is 4.14. The number of hydrogen-bond acceptors (Lipinski definition) is 2. The van der Waals surface area contributed by atoms with E-state index in [0.717, 1.165) is 28.0 Å². The molecule has 94 valence electrons. The molecule has 0 aliphatic carbocycles. The summed E-state index contributed by atoms with van der Waals surface area (Å²) in [4.78, 5) is 0. The van der Waals surface area contributed by atoms with Gasteiger partial charge in [0.05, 0.1) is 0 Å². The van der Waals surface area contributed by atoms with E-state index in [4.69, 9.17) is 10.5 Å². The van der Waals surface area contributed by atoms with Crippen molar-refractivity contribution in [1.82, 2.24) is 0 Å². The van der Waals surface area contributed by atoms with Gasteiger partial charge in [-0.25, -0.2) is 0 Å². The van der Waals surface area contributed by atoms with Crippen molar-refractivity contribution in [2.24, 2.45) is 5.73 Å². The molecule has 0 heterocycles. The summed E-state index contributed by atoms with van der Waals surface area (Å²) in [6.45, 7) is 2.08. The van der Waals surface area contributed by atoms with Crippen LogP contribution in [0.15, 0.2) is 53.0 Å². The van der Waals surface area contributed by atoms with Gasteiger partial charge in [-0.15, -0.1) is 0 Å². The average Bonchev–Trinajstić information content (AvgIpc) is 2.41. The zero-order chi connectivity index (χ0) is 13.0. The van der Waals surface area contributed by atoms with E-state index in [2.05, 4.69) is 22.9 Å². The summed E-state index contributed by atoms with van der Waals surface area (Å²) in [5, 5.41) is 0. The molecule has 0 saturated carbocycles. The van der Waals surface area contributed by atoms with E-state index in [0.29, 0.717) is 0 Å². The summed E-state index contributed by atoms with van der Waals surface area (Å²) in [5.74, 6) is 1.65. The third-order valence-corrected chi connectivity index (χ3v) is 3.33. The van der Waals surface area contributed by atoms with Crippen LogP contribution < -0.4 is 10.5 Å². The molecule has 2 aromatic carbocycles. The summed E-state index contributed by atoms with van der Waals surface area (Å²) in [7, 11) is 0. The van der Waals surface area contributed by atoms with E-state index < -0.39 is 0 Å². The molecule has 0 saturated heterocycles. The summed E-state index contributed by atoms with van der Waals surface area (Å²) >= 11 is 3.39. The Morgan fingerprint density at radius 2 is 1.50 bits per heavy atom. The lowest BCUT2D eigenvalue weighted by atomic mass is 10.1. The number of hydrogen-bond donors (Lipinski definition) is 1. The molecule has 0 radical (unpaired) electrons. The van der Waals surface area contributed by atoms with Crippen molar-refractivity contribution in [3.05, 3.63) is 58.6 Å². The Morgan fingerprint density at radius 1 is 1.00 bits per heavy atom. The fourth-order valence-corrected chi connectivity index (χ4v) is 1.92. The number of ether oxygens (including phenoxy) is 1. The zero-order valence-electron chi connectivity index (χ0n) is 10.3. The molecule has 18 heavy (non-hydrogen) atoms. The molecule has 3 heteroatoms. The minimum atomic E-state index is 0.103. The SMILES string of the molecule is CCC(N)c1ccc(Oc2ccc(Br)cc2)cc1. The predicted molar refractivity (Wildman–Crippen MR) is 77.9 cm³/mol. The Balaban J connectivity index is 2.08. The Bertz CT molecular complexity index is 493. The second kappa shape index (κ2) is 6.03. The van der Waals surface area contributed by atoms with Crippen LogP contribution in [0, 0.1) is 0 Å². The monoisotopic (exact) mass is 305 g/mol. The average molecular weight is 306 g/mol. The lowest BCUT2D eigenvalue weighted by Crippen LogP contribution is -2.07. The van der Waals surface area contributed by atoms with Gasteiger partial charge < -0.3 is 10.5 Å². The smallest absolute Gasteiger partial charge is 0.127 e. The van der Waals surface area contributed by atoms with Crippen LogP contribution >= 0.6 is 15.9 Å². The van der Waals surface area contributed by atoms with Gasteiger partial charge in [-0.3, -0.25) is 0 Å². The van der Waals surface area contributed by atoms with E-state index in [1.165, 1.54) is 0 Å². The van der Waals surface area contributed by atoms with Crippen LogP contribution in [-0.4, -0.2) is 0 Å². The minimum absolute atomic E-state index is 0.103. The van der Waals surface area contributed by atoms with Gasteiger partial charge in [0, 0.05) is 10.5 Å². The van der Waals surface area contributed by atoms with E-state index in [1.54, 1.807) is 0 Å². The fraction of sp³-hybridized carbons (Fsp3) is 0.200. The van der Waals surface area contributed by atoms with Gasteiger partial charge in [-0.1, -0.05) is 35.0 Å². The highest BCUT2D eigenvalue weighted by molar-refractivity contribution is 9.10. The molecular formula is C15H16BrNO. The second-order valence-corrected chi connectivity index (χ2v) is 5.06. The summed E-state index contributed by atoms with van der Waals surface area (Å²) in [6, 6.07) is 15.8. The first kappa shape index (κ1) is 13.1. The van der Waals surface area contributed by atoms with E-state index in [-0.39, 0.29) is 6.04 Å². The standard InChI is InChI=1S/C15H16BrNO/c1-2-15(17)11-3-7-13(8-4-11)18-14-9-5-12(16)6-10-14/h3-10,15H,2,17H2,1H3. The van der Waals surface area contributed by atoms with Gasteiger partial charge in [0.1, 0.15) is 11.5 Å². The molecule has 0 bridgehead atoms. The zero-order valence-corrected chi connectivity index (χ0v) is 11.9. The normalized spacial score (nSPS) is 12.2. The molecule has 0 fully saturated rings. The van der Waals surface area contributed by atoms with Gasteiger partial charge in [0.25, 0.3) is 0 Å². The number of halogens is 1. The molecule has 2 rings (SSSR count). The highest BCUT2D eigenvalue weighted by Gasteiger charge is 2.03. The van der Waals surface area contributed by atoms with Crippen molar-refractivity contribution >= 4 is 15.9 Å². The van der Waals surface area contributed by atoms with Gasteiger partial charge in [-0.05, 0) is 48.4 Å². The molecule has 1 atom stereocenters. The van der Waals surface area contributed by atoms with E-state index in [9.17, 15) is 0 Å². The molecule has 1 unspecified atom stereocenters. The molecule has 2 aromatic rings. The fourth-order valence-electron chi connectivity index (χ4n) is 1.66. The van der Waals surface area contributed by atoms with Crippen LogP contribution in [0.3, 0.4) is 0 Å². The Morgan fingerprint density at radius 3 is 2.00 bits per heavy atom. The molecule has 0 aliphatic heterocycles. The lowest BCUT2D eigenvalue weighted by Gasteiger charge is -2.10. The highest BCUT2D eigenvalue weighted by atomic mass is 79.9. The third-order valence-electron chi connectivity index (χ3n) is 2.80. The van der Waals surface area contributed by atoms with Gasteiger partial charge >= 0.3 is 0 Å². The van der Waals surface area contributed by atoms with Crippen LogP contribution in [0.2, 0.25) is 0 Å². The first-order valence-electron chi connectivity index (χ1n) is 5.98. The number of rotatable bonds is 4. The molecule has 0 amide bonds. The van der Waals surface area contributed by atoms with E-state index in [1.807, 2.05) is 48.5 Å². The van der Waals surface area contributed by atoms with Crippen molar-refractivity contribution in [3.8, 4) is 11.5 Å². The molecule has 2 nitrogen and oxygen atoms in total. The van der Waals surface area contributed by atoms with Crippen LogP contribution in [0.5, 0.6) is 11.5 Å². The topological polar surface area (TPSA) is 35.2 Å². The largest absolute Gasteiger partial charge is 0.457 e. The highest BCUT2D eigenvalue weighted by Crippen LogP contribution is 2.24. The van der Waals surface area contributed by atoms with Crippen LogP contribution in [0.1, 0.15) is 24.9 Å². The minimum Gasteiger partial charge on any atom is -0.457 e. The van der Waals surface area contributed by atoms with Crippen LogP contribution in [0.25, 0.3) is 0 Å². The quantitative estimate of drug-likeness (QED) is 0.892. The van der Waals surface area contributed by atoms with Crippen LogP contribution in [0.4, 0.5) is 0 Å². The van der Waals surface area contributed by atoms with Gasteiger partial charge in [-0.2, -0.15) is 0 Å². The van der Waals surface area contributed by atoms with Crippen LogP contribution in [-0.2, 0) is 0 Å². The van der Waals surface area contributed by atoms with Crippen molar-refractivity contribution in [1.29, 1.82) is 0 Å². The maximum atomic E-state index is 5.97. The third kappa shape index (κ3) is 3.34. The molecule has 0 spiro atoms. The lowest BCUT2D eigenvalue weighted by molar-refractivity contribution is 0.482. The molecule has 2 N–H and O–H groups in total. The van der Waals surface area contributed by atoms with Crippen molar-refractivity contribution in [3.63, 3.8) is 0 Å². The predicted octanol–water partition coefficient (Wildman–Crippen LogP) is 4.65. The van der Waals surface area contributed by atoms with Crippen molar-refractivity contribution in [2.45, 2.75) is 19.4 Å². The summed E-state index contributed by atoms with van der Waals surface area (Å²) in [6.07, 6.45) is 0.937. The molecule has 0 aromatic heterocycles. The van der Waals surface area contributed by atoms with Gasteiger partial charge in [0.2, 0.25) is 0 Å². The summed E-state index contributed by atoms with van der Waals surface area (Å²) < 4.78 is 6.78. The summed E-state index contributed by atoms with van der Waals surface area (Å²) in [5.41, 5.74) is 7.11. The Kier molecular flexibility index (Phi) is 4.39. The van der Waals surface area contributed by atoms with Crippen molar-refractivity contribution in [2.75, 3.05) is 0 Å². The Labute approximate surface area is 116 Å². The number of benzene rings is 2. The Hall–Kier alpha value is -1.32. The maximum Gasteiger partial charge on any atom is 0.127 e. The van der Waals surface area contributed by atoms with E-state index >= 15 is 0 Å².